The third kappa shape index (κ3) is 1.79. The summed E-state index contributed by atoms with van der Waals surface area (Å²) in [6.45, 7) is 0. The number of thioether (sulfide) groups is 1. The zero-order chi connectivity index (χ0) is 10.1. The number of hydrogen-bond donors (Lipinski definition) is 0. The Hall–Kier alpha value is -0.540. The lowest BCUT2D eigenvalue weighted by molar-refractivity contribution is 0.0989. The number of fused-ring (bicyclic) bond motifs is 1. The summed E-state index contributed by atoms with van der Waals surface area (Å²) >= 11 is 7.28. The van der Waals surface area contributed by atoms with Crippen LogP contribution in [0.25, 0.3) is 0 Å². The highest BCUT2D eigenvalue weighted by Crippen LogP contribution is 2.28. The fourth-order valence-electron chi connectivity index (χ4n) is 1.45. The molecule has 0 radical (unpaired) electrons. The molecule has 14 heavy (non-hydrogen) atoms. The van der Waals surface area contributed by atoms with Crippen LogP contribution in [0, 0.1) is 5.82 Å². The topological polar surface area (TPSA) is 17.1 Å². The molecule has 1 aliphatic heterocycles. The van der Waals surface area contributed by atoms with E-state index in [-0.39, 0.29) is 10.8 Å². The van der Waals surface area contributed by atoms with E-state index in [2.05, 4.69) is 0 Å². The molecule has 2 rings (SSSR count). The van der Waals surface area contributed by atoms with E-state index in [0.717, 1.165) is 11.3 Å². The zero-order valence-electron chi connectivity index (χ0n) is 7.35. The van der Waals surface area contributed by atoms with Gasteiger partial charge in [0.05, 0.1) is 5.02 Å². The van der Waals surface area contributed by atoms with Crippen molar-refractivity contribution in [2.75, 3.05) is 5.75 Å². The lowest BCUT2D eigenvalue weighted by Crippen LogP contribution is -2.01. The first-order valence-corrected chi connectivity index (χ1v) is 5.80. The van der Waals surface area contributed by atoms with E-state index in [0.29, 0.717) is 17.7 Å². The first kappa shape index (κ1) is 9.99. The maximum atomic E-state index is 13.1. The van der Waals surface area contributed by atoms with Crippen molar-refractivity contribution in [3.8, 4) is 0 Å². The van der Waals surface area contributed by atoms with Crippen LogP contribution in [0.3, 0.4) is 0 Å². The molecule has 1 aromatic rings. The molecule has 1 aliphatic rings. The number of Topliss-reactive ketones (excluding diaryl/α,β-unsaturated/α-hetero) is 1. The summed E-state index contributed by atoms with van der Waals surface area (Å²) in [5.74, 6) is 1.11. The van der Waals surface area contributed by atoms with Gasteiger partial charge in [-0.15, -0.1) is 0 Å². The summed E-state index contributed by atoms with van der Waals surface area (Å²) in [6, 6.07) is 2.81. The summed E-state index contributed by atoms with van der Waals surface area (Å²) in [5, 5.41) is 0.0315. The Morgan fingerprint density at radius 2 is 2.21 bits per heavy atom. The Morgan fingerprint density at radius 1 is 1.43 bits per heavy atom. The minimum atomic E-state index is -0.444. The summed E-state index contributed by atoms with van der Waals surface area (Å²) in [4.78, 5) is 11.6. The van der Waals surface area contributed by atoms with Gasteiger partial charge in [-0.3, -0.25) is 4.79 Å². The average Bonchev–Trinajstić information content (AvgIpc) is 2.31. The van der Waals surface area contributed by atoms with Crippen LogP contribution in [0.4, 0.5) is 4.39 Å². The predicted molar refractivity (Wildman–Crippen MR) is 56.5 cm³/mol. The highest BCUT2D eigenvalue weighted by Gasteiger charge is 2.17. The molecule has 0 spiro atoms. The van der Waals surface area contributed by atoms with Crippen molar-refractivity contribution in [3.63, 3.8) is 0 Å². The van der Waals surface area contributed by atoms with Crippen LogP contribution >= 0.6 is 23.4 Å². The van der Waals surface area contributed by atoms with Gasteiger partial charge in [0.1, 0.15) is 5.82 Å². The van der Waals surface area contributed by atoms with Crippen molar-refractivity contribution in [2.24, 2.45) is 0 Å². The first-order valence-electron chi connectivity index (χ1n) is 4.27. The fraction of sp³-hybridized carbons (Fsp3) is 0.300. The minimum Gasteiger partial charge on any atom is -0.294 e. The lowest BCUT2D eigenvalue weighted by Gasteiger charge is -2.04. The minimum absolute atomic E-state index is 0.0315. The molecule has 0 fully saturated rings. The van der Waals surface area contributed by atoms with Gasteiger partial charge in [0.15, 0.2) is 5.78 Å². The Bertz CT molecular complexity index is 392. The largest absolute Gasteiger partial charge is 0.294 e. The van der Waals surface area contributed by atoms with Crippen LogP contribution in [0.1, 0.15) is 22.3 Å². The first-order chi connectivity index (χ1) is 6.68. The monoisotopic (exact) mass is 230 g/mol. The number of ketones is 1. The maximum absolute atomic E-state index is 13.1. The van der Waals surface area contributed by atoms with E-state index in [1.807, 2.05) is 0 Å². The quantitative estimate of drug-likeness (QED) is 0.680. The molecule has 1 nitrogen and oxygen atoms in total. The van der Waals surface area contributed by atoms with E-state index >= 15 is 0 Å². The molecule has 0 bridgehead atoms. The number of hydrogen-bond acceptors (Lipinski definition) is 2. The van der Waals surface area contributed by atoms with Gasteiger partial charge in [-0.05, 0) is 17.7 Å². The van der Waals surface area contributed by atoms with Crippen LogP contribution in [-0.4, -0.2) is 11.5 Å². The number of rotatable bonds is 0. The standard InChI is InChI=1S/C10H8ClFOS/c11-8-4-7-6(3-9(8)12)5-14-2-1-10(7)13/h3-4H,1-2,5H2. The third-order valence-corrected chi connectivity index (χ3v) is 3.48. The zero-order valence-corrected chi connectivity index (χ0v) is 8.92. The summed E-state index contributed by atoms with van der Waals surface area (Å²) < 4.78 is 13.1. The second-order valence-corrected chi connectivity index (χ2v) is 4.66. The van der Waals surface area contributed by atoms with Crippen molar-refractivity contribution in [1.29, 1.82) is 0 Å². The van der Waals surface area contributed by atoms with Gasteiger partial charge in [-0.2, -0.15) is 11.8 Å². The fourth-order valence-corrected chi connectivity index (χ4v) is 2.55. The second kappa shape index (κ2) is 3.91. The van der Waals surface area contributed by atoms with Gasteiger partial charge in [0, 0.05) is 23.5 Å². The van der Waals surface area contributed by atoms with Crippen molar-refractivity contribution in [3.05, 3.63) is 34.1 Å². The molecule has 0 aromatic heterocycles. The Labute approximate surface area is 90.6 Å². The molecule has 0 saturated carbocycles. The average molecular weight is 231 g/mol. The van der Waals surface area contributed by atoms with Gasteiger partial charge in [-0.1, -0.05) is 11.6 Å². The molecule has 4 heteroatoms. The second-order valence-electron chi connectivity index (χ2n) is 3.15. The van der Waals surface area contributed by atoms with Gasteiger partial charge >= 0.3 is 0 Å². The van der Waals surface area contributed by atoms with Crippen molar-refractivity contribution < 1.29 is 9.18 Å². The highest BCUT2D eigenvalue weighted by atomic mass is 35.5. The number of carbonyl (C=O) groups is 1. The molecule has 0 amide bonds. The molecule has 0 aliphatic carbocycles. The third-order valence-electron chi connectivity index (χ3n) is 2.18. The molecule has 0 atom stereocenters. The van der Waals surface area contributed by atoms with Crippen molar-refractivity contribution >= 4 is 29.1 Å². The van der Waals surface area contributed by atoms with Gasteiger partial charge in [0.25, 0.3) is 0 Å². The highest BCUT2D eigenvalue weighted by molar-refractivity contribution is 7.98. The molecular formula is C10H8ClFOS. The smallest absolute Gasteiger partial charge is 0.164 e. The van der Waals surface area contributed by atoms with E-state index in [1.165, 1.54) is 12.1 Å². The Kier molecular flexibility index (Phi) is 2.79. The maximum Gasteiger partial charge on any atom is 0.164 e. The van der Waals surface area contributed by atoms with Crippen LogP contribution < -0.4 is 0 Å². The Morgan fingerprint density at radius 3 is 3.00 bits per heavy atom. The molecule has 0 unspecified atom stereocenters. The number of carbonyl (C=O) groups excluding carboxylic acids is 1. The van der Waals surface area contributed by atoms with Crippen LogP contribution in [-0.2, 0) is 5.75 Å². The van der Waals surface area contributed by atoms with Gasteiger partial charge in [-0.25, -0.2) is 4.39 Å². The van der Waals surface area contributed by atoms with E-state index in [4.69, 9.17) is 11.6 Å². The summed E-state index contributed by atoms with van der Waals surface area (Å²) in [6.07, 6.45) is 0.514. The molecule has 1 aromatic carbocycles. The SMILES string of the molecule is O=C1CCSCc2cc(F)c(Cl)cc21. The molecule has 1 heterocycles. The van der Waals surface area contributed by atoms with Crippen LogP contribution in [0.5, 0.6) is 0 Å². The van der Waals surface area contributed by atoms with E-state index in [9.17, 15) is 9.18 Å². The summed E-state index contributed by atoms with van der Waals surface area (Å²) in [5.41, 5.74) is 1.35. The Balaban J connectivity index is 2.54. The summed E-state index contributed by atoms with van der Waals surface area (Å²) in [7, 11) is 0. The molecule has 0 N–H and O–H groups in total. The van der Waals surface area contributed by atoms with Crippen molar-refractivity contribution in [1.82, 2.24) is 0 Å². The number of halogens is 2. The predicted octanol–water partition coefficient (Wildman–Crippen LogP) is 3.30. The van der Waals surface area contributed by atoms with E-state index < -0.39 is 5.82 Å². The number of benzene rings is 1. The normalized spacial score (nSPS) is 16.3. The van der Waals surface area contributed by atoms with Gasteiger partial charge in [0.2, 0.25) is 0 Å². The lowest BCUT2D eigenvalue weighted by atomic mass is 10.0. The van der Waals surface area contributed by atoms with Crippen LogP contribution in [0.2, 0.25) is 5.02 Å². The van der Waals surface area contributed by atoms with Gasteiger partial charge < -0.3 is 0 Å². The molecular weight excluding hydrogens is 223 g/mol. The molecule has 74 valence electrons. The van der Waals surface area contributed by atoms with Crippen LogP contribution in [0.15, 0.2) is 12.1 Å². The van der Waals surface area contributed by atoms with E-state index in [1.54, 1.807) is 11.8 Å². The van der Waals surface area contributed by atoms with Crippen molar-refractivity contribution in [2.45, 2.75) is 12.2 Å². The molecule has 0 saturated heterocycles.